The lowest BCUT2D eigenvalue weighted by Gasteiger charge is -2.14. The van der Waals surface area contributed by atoms with Gasteiger partial charge in [0.1, 0.15) is 6.54 Å². The molecule has 5 amide bonds. The molecule has 0 aromatic heterocycles. The standard InChI is InChI=1S/C16H15Cl2N3O4/c1-2-7-20-14(23)15(24)21(16(20)25)9-13(22)19-6-5-10-3-4-11(17)8-12(10)18/h2-4,8H,1,5-7,9H2,(H,19,22). The molecule has 9 heteroatoms. The second-order valence-electron chi connectivity index (χ2n) is 5.21. The Labute approximate surface area is 154 Å². The van der Waals surface area contributed by atoms with Crippen molar-refractivity contribution in [3.8, 4) is 0 Å². The largest absolute Gasteiger partial charge is 0.354 e. The number of hydrogen-bond donors (Lipinski definition) is 1. The fourth-order valence-electron chi connectivity index (χ4n) is 2.24. The van der Waals surface area contributed by atoms with Crippen LogP contribution in [-0.4, -0.2) is 53.2 Å². The monoisotopic (exact) mass is 383 g/mol. The normalized spacial score (nSPS) is 14.2. The molecule has 1 aromatic rings. The number of rotatable bonds is 7. The molecule has 25 heavy (non-hydrogen) atoms. The molecule has 1 aliphatic rings. The van der Waals surface area contributed by atoms with Crippen LogP contribution in [0.4, 0.5) is 4.79 Å². The smallest absolute Gasteiger partial charge is 0.335 e. The van der Waals surface area contributed by atoms with E-state index in [0.29, 0.717) is 21.4 Å². The molecule has 0 spiro atoms. The van der Waals surface area contributed by atoms with Crippen LogP contribution in [0.1, 0.15) is 5.56 Å². The highest BCUT2D eigenvalue weighted by Gasteiger charge is 2.44. The maximum Gasteiger partial charge on any atom is 0.335 e. The third-order valence-corrected chi connectivity index (χ3v) is 4.07. The zero-order chi connectivity index (χ0) is 18.6. The Morgan fingerprint density at radius 3 is 2.48 bits per heavy atom. The Hall–Kier alpha value is -2.38. The summed E-state index contributed by atoms with van der Waals surface area (Å²) in [6, 6.07) is 4.20. The van der Waals surface area contributed by atoms with E-state index in [2.05, 4.69) is 11.9 Å². The summed E-state index contributed by atoms with van der Waals surface area (Å²) in [4.78, 5) is 48.7. The zero-order valence-corrected chi connectivity index (χ0v) is 14.6. The summed E-state index contributed by atoms with van der Waals surface area (Å²) in [7, 11) is 0. The quantitative estimate of drug-likeness (QED) is 0.440. The number of carbonyl (C=O) groups excluding carboxylic acids is 4. The van der Waals surface area contributed by atoms with E-state index in [1.807, 2.05) is 0 Å². The minimum Gasteiger partial charge on any atom is -0.354 e. The van der Waals surface area contributed by atoms with Crippen molar-refractivity contribution < 1.29 is 19.2 Å². The average Bonchev–Trinajstić information content (AvgIpc) is 2.75. The zero-order valence-electron chi connectivity index (χ0n) is 13.1. The van der Waals surface area contributed by atoms with E-state index in [1.165, 1.54) is 6.08 Å². The van der Waals surface area contributed by atoms with E-state index >= 15 is 0 Å². The molecular formula is C16H15Cl2N3O4. The van der Waals surface area contributed by atoms with Gasteiger partial charge in [-0.2, -0.15) is 0 Å². The van der Waals surface area contributed by atoms with Crippen LogP contribution in [-0.2, 0) is 20.8 Å². The Balaban J connectivity index is 1.88. The number of carbonyl (C=O) groups is 4. The van der Waals surface area contributed by atoms with E-state index in [4.69, 9.17) is 23.2 Å². The van der Waals surface area contributed by atoms with Gasteiger partial charge in [0.25, 0.3) is 0 Å². The topological polar surface area (TPSA) is 86.8 Å². The minimum atomic E-state index is -1.03. The summed E-state index contributed by atoms with van der Waals surface area (Å²) in [5.74, 6) is -2.55. The van der Waals surface area contributed by atoms with E-state index in [1.54, 1.807) is 18.2 Å². The molecule has 1 heterocycles. The van der Waals surface area contributed by atoms with Crippen molar-refractivity contribution in [1.82, 2.24) is 15.1 Å². The SMILES string of the molecule is C=CCN1C(=O)C(=O)N(CC(=O)NCCc2ccc(Cl)cc2Cl)C1=O. The number of urea groups is 1. The van der Waals surface area contributed by atoms with Gasteiger partial charge in [-0.25, -0.2) is 9.69 Å². The number of halogens is 2. The molecule has 0 aliphatic carbocycles. The molecule has 1 saturated heterocycles. The van der Waals surface area contributed by atoms with Crippen molar-refractivity contribution >= 4 is 47.0 Å². The molecule has 0 saturated carbocycles. The molecule has 1 aliphatic heterocycles. The van der Waals surface area contributed by atoms with Gasteiger partial charge in [-0.3, -0.25) is 19.3 Å². The van der Waals surface area contributed by atoms with Gasteiger partial charge >= 0.3 is 17.8 Å². The predicted molar refractivity (Wildman–Crippen MR) is 92.2 cm³/mol. The Bertz CT molecular complexity index is 751. The lowest BCUT2D eigenvalue weighted by Crippen LogP contribution is -2.42. The second kappa shape index (κ2) is 8.13. The van der Waals surface area contributed by atoms with Gasteiger partial charge in [-0.1, -0.05) is 35.3 Å². The van der Waals surface area contributed by atoms with Gasteiger partial charge in [0.05, 0.1) is 0 Å². The third-order valence-electron chi connectivity index (χ3n) is 3.48. The van der Waals surface area contributed by atoms with Gasteiger partial charge in [-0.05, 0) is 24.1 Å². The van der Waals surface area contributed by atoms with Crippen molar-refractivity contribution in [2.45, 2.75) is 6.42 Å². The Kier molecular flexibility index (Phi) is 6.17. The Morgan fingerprint density at radius 2 is 1.84 bits per heavy atom. The van der Waals surface area contributed by atoms with Crippen LogP contribution < -0.4 is 5.32 Å². The van der Waals surface area contributed by atoms with Crippen molar-refractivity contribution in [3.63, 3.8) is 0 Å². The van der Waals surface area contributed by atoms with Gasteiger partial charge < -0.3 is 5.32 Å². The van der Waals surface area contributed by atoms with Crippen LogP contribution in [0.25, 0.3) is 0 Å². The lowest BCUT2D eigenvalue weighted by molar-refractivity contribution is -0.143. The fourth-order valence-corrected chi connectivity index (χ4v) is 2.74. The minimum absolute atomic E-state index is 0.0867. The molecule has 1 aromatic carbocycles. The van der Waals surface area contributed by atoms with E-state index < -0.39 is 30.3 Å². The highest BCUT2D eigenvalue weighted by Crippen LogP contribution is 2.21. The number of amides is 5. The van der Waals surface area contributed by atoms with Crippen molar-refractivity contribution in [1.29, 1.82) is 0 Å². The molecule has 7 nitrogen and oxygen atoms in total. The van der Waals surface area contributed by atoms with Gasteiger partial charge in [0.2, 0.25) is 5.91 Å². The van der Waals surface area contributed by atoms with Crippen LogP contribution in [0.15, 0.2) is 30.9 Å². The summed E-state index contributed by atoms with van der Waals surface area (Å²) in [6.45, 7) is 3.05. The number of nitrogens with one attached hydrogen (secondary N) is 1. The maximum atomic E-state index is 12.0. The molecule has 0 unspecified atom stereocenters. The van der Waals surface area contributed by atoms with Crippen LogP contribution >= 0.6 is 23.2 Å². The fraction of sp³-hybridized carbons (Fsp3) is 0.250. The first kappa shape index (κ1) is 19.0. The molecule has 1 N–H and O–H groups in total. The highest BCUT2D eigenvalue weighted by molar-refractivity contribution is 6.45. The number of imide groups is 2. The van der Waals surface area contributed by atoms with E-state index in [0.717, 1.165) is 10.5 Å². The Morgan fingerprint density at radius 1 is 1.16 bits per heavy atom. The van der Waals surface area contributed by atoms with Crippen molar-refractivity contribution in [3.05, 3.63) is 46.5 Å². The first-order chi connectivity index (χ1) is 11.8. The summed E-state index contributed by atoms with van der Waals surface area (Å²) < 4.78 is 0. The van der Waals surface area contributed by atoms with Crippen LogP contribution in [0.3, 0.4) is 0 Å². The number of hydrogen-bond acceptors (Lipinski definition) is 4. The van der Waals surface area contributed by atoms with Crippen molar-refractivity contribution in [2.75, 3.05) is 19.6 Å². The first-order valence-corrected chi connectivity index (χ1v) is 8.09. The summed E-state index contributed by atoms with van der Waals surface area (Å²) in [5.41, 5.74) is 0.798. The van der Waals surface area contributed by atoms with E-state index in [9.17, 15) is 19.2 Å². The van der Waals surface area contributed by atoms with Crippen LogP contribution in [0.5, 0.6) is 0 Å². The van der Waals surface area contributed by atoms with Gasteiger partial charge in [-0.15, -0.1) is 6.58 Å². The molecule has 0 atom stereocenters. The third kappa shape index (κ3) is 4.37. The molecular weight excluding hydrogens is 369 g/mol. The van der Waals surface area contributed by atoms with Crippen LogP contribution in [0.2, 0.25) is 10.0 Å². The van der Waals surface area contributed by atoms with Gasteiger partial charge in [0, 0.05) is 23.1 Å². The molecule has 2 rings (SSSR count). The summed E-state index contributed by atoms with van der Waals surface area (Å²) >= 11 is 11.8. The summed E-state index contributed by atoms with van der Waals surface area (Å²) in [6.07, 6.45) is 1.77. The predicted octanol–water partition coefficient (Wildman–Crippen LogP) is 1.63. The molecule has 0 radical (unpaired) electrons. The summed E-state index contributed by atoms with van der Waals surface area (Å²) in [5, 5.41) is 3.57. The van der Waals surface area contributed by atoms with Crippen molar-refractivity contribution in [2.24, 2.45) is 0 Å². The molecule has 0 bridgehead atoms. The molecule has 132 valence electrons. The first-order valence-electron chi connectivity index (χ1n) is 7.34. The highest BCUT2D eigenvalue weighted by atomic mass is 35.5. The van der Waals surface area contributed by atoms with Crippen LogP contribution in [0, 0.1) is 0 Å². The number of benzene rings is 1. The second-order valence-corrected chi connectivity index (χ2v) is 6.06. The number of nitrogens with zero attached hydrogens (tertiary/aromatic N) is 2. The maximum absolute atomic E-state index is 12.0. The lowest BCUT2D eigenvalue weighted by atomic mass is 10.1. The molecule has 1 fully saturated rings. The van der Waals surface area contributed by atoms with E-state index in [-0.39, 0.29) is 13.1 Å². The average molecular weight is 384 g/mol. The van der Waals surface area contributed by atoms with Gasteiger partial charge in [0.15, 0.2) is 0 Å².